The first-order valence-electron chi connectivity index (χ1n) is 5.09. The van der Waals surface area contributed by atoms with Gasteiger partial charge in [-0.1, -0.05) is 0 Å². The van der Waals surface area contributed by atoms with Gasteiger partial charge >= 0.3 is 0 Å². The molecule has 2 N–H and O–H groups in total. The van der Waals surface area contributed by atoms with Crippen LogP contribution in [0, 0.1) is 13.8 Å². The number of aromatic nitrogens is 2. The number of nitrogens with zero attached hydrogens (tertiary/aromatic N) is 2. The Morgan fingerprint density at radius 3 is 2.50 bits per heavy atom. The standard InChI is InChI=1S/C10H17N3O/c1-7-8(2)12-13(10(7)11)9-3-5-14-6-4-9/h9H,3-6,11H2,1-2H3. The Labute approximate surface area is 84.0 Å². The van der Waals surface area contributed by atoms with Crippen LogP contribution < -0.4 is 5.73 Å². The van der Waals surface area contributed by atoms with E-state index in [-0.39, 0.29) is 0 Å². The fraction of sp³-hybridized carbons (Fsp3) is 0.700. The monoisotopic (exact) mass is 195 g/mol. The summed E-state index contributed by atoms with van der Waals surface area (Å²) in [6.45, 7) is 5.67. The second kappa shape index (κ2) is 3.61. The molecule has 0 aliphatic carbocycles. The Morgan fingerprint density at radius 1 is 1.36 bits per heavy atom. The molecule has 1 saturated heterocycles. The number of hydrogen-bond donors (Lipinski definition) is 1. The van der Waals surface area contributed by atoms with E-state index < -0.39 is 0 Å². The van der Waals surface area contributed by atoms with E-state index >= 15 is 0 Å². The van der Waals surface area contributed by atoms with Crippen LogP contribution in [0.1, 0.15) is 30.1 Å². The summed E-state index contributed by atoms with van der Waals surface area (Å²) < 4.78 is 7.28. The van der Waals surface area contributed by atoms with E-state index in [9.17, 15) is 0 Å². The third kappa shape index (κ3) is 1.50. The first kappa shape index (κ1) is 9.52. The van der Waals surface area contributed by atoms with Crippen LogP contribution in [0.15, 0.2) is 0 Å². The van der Waals surface area contributed by atoms with Crippen molar-refractivity contribution in [2.75, 3.05) is 18.9 Å². The van der Waals surface area contributed by atoms with Gasteiger partial charge in [-0.05, 0) is 26.7 Å². The summed E-state index contributed by atoms with van der Waals surface area (Å²) in [5.41, 5.74) is 8.14. The van der Waals surface area contributed by atoms with Crippen molar-refractivity contribution in [3.8, 4) is 0 Å². The molecule has 0 aromatic carbocycles. The van der Waals surface area contributed by atoms with Crippen LogP contribution in [0.3, 0.4) is 0 Å². The van der Waals surface area contributed by atoms with Crippen LogP contribution in [0.2, 0.25) is 0 Å². The molecular formula is C10H17N3O. The van der Waals surface area contributed by atoms with Crippen molar-refractivity contribution in [2.45, 2.75) is 32.7 Å². The van der Waals surface area contributed by atoms with E-state index in [2.05, 4.69) is 5.10 Å². The minimum absolute atomic E-state index is 0.427. The first-order chi connectivity index (χ1) is 6.70. The molecule has 4 nitrogen and oxygen atoms in total. The fourth-order valence-corrected chi connectivity index (χ4v) is 1.86. The summed E-state index contributed by atoms with van der Waals surface area (Å²) in [6, 6.07) is 0.427. The predicted molar refractivity (Wildman–Crippen MR) is 55.2 cm³/mol. The summed E-state index contributed by atoms with van der Waals surface area (Å²) in [4.78, 5) is 0. The van der Waals surface area contributed by atoms with Crippen molar-refractivity contribution >= 4 is 5.82 Å². The summed E-state index contributed by atoms with van der Waals surface area (Å²) in [5.74, 6) is 0.814. The van der Waals surface area contributed by atoms with Gasteiger partial charge in [0.1, 0.15) is 5.82 Å². The fourth-order valence-electron chi connectivity index (χ4n) is 1.86. The Kier molecular flexibility index (Phi) is 2.46. The molecule has 0 unspecified atom stereocenters. The maximum atomic E-state index is 5.99. The molecule has 1 aliphatic rings. The molecule has 1 aromatic rings. The SMILES string of the molecule is Cc1nn(C2CCOCC2)c(N)c1C. The van der Waals surface area contributed by atoms with Gasteiger partial charge in [0.2, 0.25) is 0 Å². The van der Waals surface area contributed by atoms with Gasteiger partial charge in [0.05, 0.1) is 11.7 Å². The van der Waals surface area contributed by atoms with Crippen LogP contribution >= 0.6 is 0 Å². The van der Waals surface area contributed by atoms with Gasteiger partial charge in [0.25, 0.3) is 0 Å². The van der Waals surface area contributed by atoms with Gasteiger partial charge in [-0.25, -0.2) is 4.68 Å². The molecule has 4 heteroatoms. The van der Waals surface area contributed by atoms with Crippen molar-refractivity contribution in [2.24, 2.45) is 0 Å². The smallest absolute Gasteiger partial charge is 0.125 e. The Bertz CT molecular complexity index is 326. The van der Waals surface area contributed by atoms with Gasteiger partial charge in [0, 0.05) is 18.8 Å². The largest absolute Gasteiger partial charge is 0.384 e. The average molecular weight is 195 g/mol. The van der Waals surface area contributed by atoms with Gasteiger partial charge in [-0.2, -0.15) is 5.10 Å². The number of hydrogen-bond acceptors (Lipinski definition) is 3. The molecule has 14 heavy (non-hydrogen) atoms. The highest BCUT2D eigenvalue weighted by Crippen LogP contribution is 2.25. The first-order valence-corrected chi connectivity index (χ1v) is 5.09. The minimum atomic E-state index is 0.427. The molecule has 1 aromatic heterocycles. The van der Waals surface area contributed by atoms with Crippen LogP contribution in [-0.4, -0.2) is 23.0 Å². The van der Waals surface area contributed by atoms with Crippen molar-refractivity contribution < 1.29 is 4.74 Å². The molecule has 1 aliphatic heterocycles. The number of nitrogens with two attached hydrogens (primary N) is 1. The second-order valence-corrected chi connectivity index (χ2v) is 3.88. The lowest BCUT2D eigenvalue weighted by atomic mass is 10.1. The minimum Gasteiger partial charge on any atom is -0.384 e. The number of nitrogen functional groups attached to an aromatic ring is 1. The molecule has 78 valence electrons. The van der Waals surface area contributed by atoms with E-state index in [0.29, 0.717) is 6.04 Å². The van der Waals surface area contributed by atoms with Crippen LogP contribution in [0.5, 0.6) is 0 Å². The molecule has 2 heterocycles. The third-order valence-electron chi connectivity index (χ3n) is 2.97. The maximum absolute atomic E-state index is 5.99. The van der Waals surface area contributed by atoms with Gasteiger partial charge in [-0.15, -0.1) is 0 Å². The molecule has 0 saturated carbocycles. The Hall–Kier alpha value is -1.03. The van der Waals surface area contributed by atoms with Gasteiger partial charge in [-0.3, -0.25) is 0 Å². The Balaban J connectivity index is 2.26. The highest BCUT2D eigenvalue weighted by Gasteiger charge is 2.20. The summed E-state index contributed by atoms with van der Waals surface area (Å²) in [6.07, 6.45) is 2.04. The summed E-state index contributed by atoms with van der Waals surface area (Å²) in [5, 5.41) is 4.47. The van der Waals surface area contributed by atoms with Crippen LogP contribution in [0.25, 0.3) is 0 Å². The van der Waals surface area contributed by atoms with Crippen molar-refractivity contribution in [3.63, 3.8) is 0 Å². The highest BCUT2D eigenvalue weighted by molar-refractivity contribution is 5.42. The lowest BCUT2D eigenvalue weighted by Gasteiger charge is -2.23. The van der Waals surface area contributed by atoms with Crippen LogP contribution in [0.4, 0.5) is 5.82 Å². The Morgan fingerprint density at radius 2 is 2.00 bits per heavy atom. The summed E-state index contributed by atoms with van der Waals surface area (Å²) in [7, 11) is 0. The number of aryl methyl sites for hydroxylation is 1. The van der Waals surface area contributed by atoms with Crippen molar-refractivity contribution in [3.05, 3.63) is 11.3 Å². The van der Waals surface area contributed by atoms with Gasteiger partial charge in [0.15, 0.2) is 0 Å². The maximum Gasteiger partial charge on any atom is 0.125 e. The molecule has 0 radical (unpaired) electrons. The topological polar surface area (TPSA) is 53.1 Å². The molecular weight excluding hydrogens is 178 g/mol. The number of ether oxygens (including phenoxy) is 1. The zero-order chi connectivity index (χ0) is 10.1. The zero-order valence-corrected chi connectivity index (χ0v) is 8.79. The lowest BCUT2D eigenvalue weighted by molar-refractivity contribution is 0.0668. The van der Waals surface area contributed by atoms with Crippen molar-refractivity contribution in [1.82, 2.24) is 9.78 Å². The van der Waals surface area contributed by atoms with E-state index in [4.69, 9.17) is 10.5 Å². The normalized spacial score (nSPS) is 18.7. The van der Waals surface area contributed by atoms with Crippen LogP contribution in [-0.2, 0) is 4.74 Å². The lowest BCUT2D eigenvalue weighted by Crippen LogP contribution is -2.21. The number of anilines is 1. The van der Waals surface area contributed by atoms with E-state index in [1.807, 2.05) is 18.5 Å². The average Bonchev–Trinajstić information content (AvgIpc) is 2.47. The third-order valence-corrected chi connectivity index (χ3v) is 2.97. The molecule has 1 fully saturated rings. The van der Waals surface area contributed by atoms with Crippen molar-refractivity contribution in [1.29, 1.82) is 0 Å². The van der Waals surface area contributed by atoms with E-state index in [1.165, 1.54) is 0 Å². The predicted octanol–water partition coefficient (Wildman–Crippen LogP) is 1.43. The molecule has 0 spiro atoms. The highest BCUT2D eigenvalue weighted by atomic mass is 16.5. The molecule has 0 amide bonds. The molecule has 0 atom stereocenters. The van der Waals surface area contributed by atoms with E-state index in [1.54, 1.807) is 0 Å². The summed E-state index contributed by atoms with van der Waals surface area (Å²) >= 11 is 0. The number of rotatable bonds is 1. The zero-order valence-electron chi connectivity index (χ0n) is 8.79. The molecule has 2 rings (SSSR count). The quantitative estimate of drug-likeness (QED) is 0.737. The van der Waals surface area contributed by atoms with E-state index in [0.717, 1.165) is 43.1 Å². The van der Waals surface area contributed by atoms with Gasteiger partial charge < -0.3 is 10.5 Å². The second-order valence-electron chi connectivity index (χ2n) is 3.88. The molecule has 0 bridgehead atoms.